The molecule has 0 spiro atoms. The minimum Gasteiger partial charge on any atom is -0.387 e. The Hall–Kier alpha value is -3.28. The summed E-state index contributed by atoms with van der Waals surface area (Å²) in [7, 11) is 0. The predicted octanol–water partition coefficient (Wildman–Crippen LogP) is 10.8. The summed E-state index contributed by atoms with van der Waals surface area (Å²) >= 11 is 11.8. The Bertz CT molecular complexity index is 1870. The van der Waals surface area contributed by atoms with Crippen LogP contribution in [0, 0.1) is 0 Å². The van der Waals surface area contributed by atoms with Crippen molar-refractivity contribution < 1.29 is 28.8 Å². The number of allylic oxidation sites excluding steroid dienone is 1. The third kappa shape index (κ3) is 11.6. The molecule has 9 heteroatoms. The van der Waals surface area contributed by atoms with E-state index in [1.54, 1.807) is 0 Å². The summed E-state index contributed by atoms with van der Waals surface area (Å²) < 4.78 is 35.0. The van der Waals surface area contributed by atoms with Crippen LogP contribution in [-0.4, -0.2) is 41.9 Å². The number of hydrogen-bond donors (Lipinski definition) is 1. The first kappa shape index (κ1) is 40.4. The van der Waals surface area contributed by atoms with Gasteiger partial charge in [-0.05, 0) is 62.8 Å². The fourth-order valence-electron chi connectivity index (χ4n) is 6.38. The molecule has 1 N–H and O–H groups in total. The average molecular weight is 830 g/mol. The van der Waals surface area contributed by atoms with Crippen LogP contribution in [0.25, 0.3) is 0 Å². The van der Waals surface area contributed by atoms with Crippen LogP contribution in [0.15, 0.2) is 149 Å². The van der Waals surface area contributed by atoms with E-state index in [2.05, 4.69) is 15.9 Å². The van der Waals surface area contributed by atoms with Crippen LogP contribution in [-0.2, 0) is 50.1 Å². The molecule has 1 saturated heterocycles. The van der Waals surface area contributed by atoms with Gasteiger partial charge in [0.25, 0.3) is 0 Å². The molecule has 1 aliphatic heterocycles. The standard InChI is InChI=1S/C45H46BrClO6S/c1-2-41(46)54-31-39(48)37-25-36(23-24-38(37)47)42-44(51-28-34-19-11-5-12-20-34)45(52-29-35-21-13-6-14-22-35)43(50-27-33-17-9-4-10-18-33)40(53-42)30-49-26-32-15-7-3-8-16-32/h2-25,39-40,42-45,48H,26-31H2,1H3/b41-2-/t39?,40-,42?,43+,44-,45?/m0/s1. The van der Waals surface area contributed by atoms with E-state index in [0.29, 0.717) is 42.8 Å². The van der Waals surface area contributed by atoms with Crippen molar-refractivity contribution in [1.82, 2.24) is 0 Å². The van der Waals surface area contributed by atoms with Crippen LogP contribution in [0.3, 0.4) is 0 Å². The summed E-state index contributed by atoms with van der Waals surface area (Å²) in [6.07, 6.45) is -1.77. The van der Waals surface area contributed by atoms with E-state index >= 15 is 0 Å². The number of benzene rings is 5. The second kappa shape index (κ2) is 21.1. The lowest BCUT2D eigenvalue weighted by Gasteiger charge is -2.46. The maximum Gasteiger partial charge on any atom is 0.117 e. The highest BCUT2D eigenvalue weighted by Gasteiger charge is 2.49. The largest absolute Gasteiger partial charge is 0.387 e. The van der Waals surface area contributed by atoms with Gasteiger partial charge in [-0.2, -0.15) is 0 Å². The van der Waals surface area contributed by atoms with Crippen molar-refractivity contribution in [3.63, 3.8) is 0 Å². The second-order valence-corrected chi connectivity index (χ2v) is 15.9. The zero-order valence-electron chi connectivity index (χ0n) is 30.2. The number of aliphatic hydroxyl groups excluding tert-OH is 1. The van der Waals surface area contributed by atoms with Gasteiger partial charge in [0.1, 0.15) is 30.5 Å². The van der Waals surface area contributed by atoms with Crippen molar-refractivity contribution >= 4 is 39.3 Å². The van der Waals surface area contributed by atoms with E-state index in [0.717, 1.165) is 31.6 Å². The number of halogens is 2. The van der Waals surface area contributed by atoms with Crippen LogP contribution in [0.2, 0.25) is 5.02 Å². The molecule has 0 aromatic heterocycles. The topological polar surface area (TPSA) is 66.4 Å². The first-order valence-electron chi connectivity index (χ1n) is 18.1. The molecule has 1 aliphatic rings. The molecule has 1 heterocycles. The zero-order chi connectivity index (χ0) is 37.5. The van der Waals surface area contributed by atoms with E-state index in [9.17, 15) is 5.11 Å². The third-order valence-electron chi connectivity index (χ3n) is 9.20. The van der Waals surface area contributed by atoms with Gasteiger partial charge in [-0.15, -0.1) is 11.8 Å². The monoisotopic (exact) mass is 828 g/mol. The molecule has 6 rings (SSSR count). The maximum absolute atomic E-state index is 11.4. The first-order valence-corrected chi connectivity index (χ1v) is 20.3. The molecule has 6 nitrogen and oxygen atoms in total. The van der Waals surface area contributed by atoms with Gasteiger partial charge in [0.2, 0.25) is 0 Å². The van der Waals surface area contributed by atoms with Crippen molar-refractivity contribution in [2.45, 2.75) is 70.0 Å². The first-order chi connectivity index (χ1) is 26.5. The van der Waals surface area contributed by atoms with E-state index in [1.807, 2.05) is 153 Å². The number of ether oxygens (including phenoxy) is 5. The Morgan fingerprint density at radius 3 is 1.70 bits per heavy atom. The lowest BCUT2D eigenvalue weighted by molar-refractivity contribution is -0.275. The smallest absolute Gasteiger partial charge is 0.117 e. The van der Waals surface area contributed by atoms with Gasteiger partial charge >= 0.3 is 0 Å². The summed E-state index contributed by atoms with van der Waals surface area (Å²) in [5.41, 5.74) is 5.57. The Labute approximate surface area is 336 Å². The number of rotatable bonds is 18. The molecule has 3 unspecified atom stereocenters. The van der Waals surface area contributed by atoms with Crippen LogP contribution in [0.1, 0.15) is 52.5 Å². The maximum atomic E-state index is 11.4. The van der Waals surface area contributed by atoms with Crippen molar-refractivity contribution in [3.8, 4) is 0 Å². The highest BCUT2D eigenvalue weighted by Crippen LogP contribution is 2.41. The van der Waals surface area contributed by atoms with E-state index in [4.69, 9.17) is 35.3 Å². The number of hydrogen-bond acceptors (Lipinski definition) is 7. The molecule has 1 fully saturated rings. The van der Waals surface area contributed by atoms with Crippen LogP contribution in [0.5, 0.6) is 0 Å². The predicted molar refractivity (Wildman–Crippen MR) is 220 cm³/mol. The van der Waals surface area contributed by atoms with Gasteiger partial charge in [0, 0.05) is 20.2 Å². The van der Waals surface area contributed by atoms with Crippen molar-refractivity contribution in [3.05, 3.63) is 188 Å². The molecule has 54 heavy (non-hydrogen) atoms. The minimum absolute atomic E-state index is 0.249. The quantitative estimate of drug-likeness (QED) is 0.0943. The van der Waals surface area contributed by atoms with E-state index in [1.165, 1.54) is 11.8 Å². The Morgan fingerprint density at radius 2 is 1.19 bits per heavy atom. The lowest BCUT2D eigenvalue weighted by Crippen LogP contribution is -2.58. The molecule has 5 aromatic carbocycles. The van der Waals surface area contributed by atoms with Crippen molar-refractivity contribution in [2.75, 3.05) is 12.4 Å². The van der Waals surface area contributed by atoms with Crippen molar-refractivity contribution in [1.29, 1.82) is 0 Å². The molecule has 5 aromatic rings. The molecule has 282 valence electrons. The zero-order valence-corrected chi connectivity index (χ0v) is 33.4. The second-order valence-electron chi connectivity index (χ2n) is 13.1. The molecule has 0 bridgehead atoms. The number of aliphatic hydroxyl groups is 1. The third-order valence-corrected chi connectivity index (χ3v) is 11.7. The Kier molecular flexibility index (Phi) is 15.8. The number of thioether (sulfide) groups is 1. The van der Waals surface area contributed by atoms with Crippen LogP contribution in [0.4, 0.5) is 0 Å². The summed E-state index contributed by atoms with van der Waals surface area (Å²) in [5, 5.41) is 11.8. The van der Waals surface area contributed by atoms with Gasteiger partial charge in [0.15, 0.2) is 0 Å². The average Bonchev–Trinajstić information content (AvgIpc) is 3.22. The molecular weight excluding hydrogens is 784 g/mol. The molecule has 6 atom stereocenters. The van der Waals surface area contributed by atoms with E-state index in [-0.39, 0.29) is 6.61 Å². The Morgan fingerprint density at radius 1 is 0.704 bits per heavy atom. The molecule has 0 amide bonds. The molecule has 0 saturated carbocycles. The summed E-state index contributed by atoms with van der Waals surface area (Å²) in [6.45, 7) is 3.62. The molecule has 0 radical (unpaired) electrons. The van der Waals surface area contributed by atoms with Gasteiger partial charge in [-0.3, -0.25) is 0 Å². The summed E-state index contributed by atoms with van der Waals surface area (Å²) in [6, 6.07) is 46.0. The fraction of sp³-hybridized carbons (Fsp3) is 0.289. The van der Waals surface area contributed by atoms with E-state index < -0.39 is 36.6 Å². The highest BCUT2D eigenvalue weighted by atomic mass is 79.9. The Balaban J connectivity index is 1.38. The summed E-state index contributed by atoms with van der Waals surface area (Å²) in [5.74, 6) is 0.418. The summed E-state index contributed by atoms with van der Waals surface area (Å²) in [4.78, 5) is 0. The lowest BCUT2D eigenvalue weighted by atomic mass is 9.89. The SMILES string of the molecule is C/C=C(/Br)SCC(O)c1cc(C2O[C@@H](COCc3ccccc3)[C@@H](OCc3ccccc3)C(OCc3ccccc3)[C@H]2OCc2ccccc2)ccc1Cl. The van der Waals surface area contributed by atoms with Gasteiger partial charge in [0.05, 0.1) is 39.1 Å². The van der Waals surface area contributed by atoms with Gasteiger partial charge in [-0.25, -0.2) is 0 Å². The highest BCUT2D eigenvalue weighted by molar-refractivity contribution is 9.14. The minimum atomic E-state index is -0.820. The van der Waals surface area contributed by atoms with Crippen LogP contribution < -0.4 is 0 Å². The van der Waals surface area contributed by atoms with Gasteiger partial charge < -0.3 is 28.8 Å². The van der Waals surface area contributed by atoms with Crippen molar-refractivity contribution in [2.24, 2.45) is 0 Å². The molecule has 0 aliphatic carbocycles. The van der Waals surface area contributed by atoms with Gasteiger partial charge in [-0.1, -0.05) is 145 Å². The van der Waals surface area contributed by atoms with Crippen LogP contribution >= 0.6 is 39.3 Å². The molecular formula is C45H46BrClO6S. The normalized spacial score (nSPS) is 20.8. The fourth-order valence-corrected chi connectivity index (χ4v) is 7.69.